The Labute approximate surface area is 55.8 Å². The van der Waals surface area contributed by atoms with Crippen LogP contribution in [0.2, 0.25) is 0 Å². The maximum atomic E-state index is 10.2. The number of aldehydes is 1. The molecule has 1 aliphatic rings. The Kier molecular flexibility index (Phi) is 2.49. The molecule has 0 fully saturated rings. The highest BCUT2D eigenvalue weighted by Crippen LogP contribution is 2.14. The Bertz CT molecular complexity index is 125. The van der Waals surface area contributed by atoms with Crippen molar-refractivity contribution < 1.29 is 4.79 Å². The van der Waals surface area contributed by atoms with Crippen molar-refractivity contribution >= 4 is 6.29 Å². The van der Waals surface area contributed by atoms with Crippen LogP contribution in [0.1, 0.15) is 32.1 Å². The standard InChI is InChI=1S/C8H12O/c9-7-8-5-3-1-2-4-6-8/h5,7H,1-4,6H2. The van der Waals surface area contributed by atoms with Gasteiger partial charge in [-0.2, -0.15) is 0 Å². The Morgan fingerprint density at radius 3 is 3.00 bits per heavy atom. The van der Waals surface area contributed by atoms with Gasteiger partial charge in [-0.15, -0.1) is 0 Å². The van der Waals surface area contributed by atoms with Crippen LogP contribution in [-0.4, -0.2) is 6.29 Å². The molecular formula is C8H12O. The molecule has 0 saturated heterocycles. The first-order valence-electron chi connectivity index (χ1n) is 3.57. The Morgan fingerprint density at radius 2 is 2.22 bits per heavy atom. The zero-order chi connectivity index (χ0) is 6.53. The lowest BCUT2D eigenvalue weighted by atomic mass is 10.1. The van der Waals surface area contributed by atoms with E-state index < -0.39 is 0 Å². The van der Waals surface area contributed by atoms with E-state index in [2.05, 4.69) is 6.08 Å². The third-order valence-electron chi connectivity index (χ3n) is 1.73. The summed E-state index contributed by atoms with van der Waals surface area (Å²) < 4.78 is 0. The molecule has 0 unspecified atom stereocenters. The van der Waals surface area contributed by atoms with Gasteiger partial charge in [-0.3, -0.25) is 4.79 Å². The minimum atomic E-state index is 0.991. The molecule has 0 amide bonds. The Morgan fingerprint density at radius 1 is 1.33 bits per heavy atom. The first-order valence-corrected chi connectivity index (χ1v) is 3.57. The molecule has 0 atom stereocenters. The summed E-state index contributed by atoms with van der Waals surface area (Å²) in [5.74, 6) is 0. The van der Waals surface area contributed by atoms with Gasteiger partial charge >= 0.3 is 0 Å². The predicted molar refractivity (Wildman–Crippen MR) is 37.2 cm³/mol. The van der Waals surface area contributed by atoms with Crippen LogP contribution < -0.4 is 0 Å². The summed E-state index contributed by atoms with van der Waals surface area (Å²) >= 11 is 0. The quantitative estimate of drug-likeness (QED) is 0.489. The molecule has 0 radical (unpaired) electrons. The largest absolute Gasteiger partial charge is 0.298 e. The van der Waals surface area contributed by atoms with Crippen LogP contribution in [0.5, 0.6) is 0 Å². The molecule has 1 heteroatoms. The number of allylic oxidation sites excluding steroid dienone is 2. The minimum Gasteiger partial charge on any atom is -0.298 e. The van der Waals surface area contributed by atoms with Crippen molar-refractivity contribution in [3.63, 3.8) is 0 Å². The van der Waals surface area contributed by atoms with Gasteiger partial charge in [0, 0.05) is 0 Å². The molecule has 1 aliphatic carbocycles. The van der Waals surface area contributed by atoms with Crippen LogP contribution >= 0.6 is 0 Å². The zero-order valence-electron chi connectivity index (χ0n) is 5.60. The van der Waals surface area contributed by atoms with E-state index in [4.69, 9.17) is 0 Å². The molecule has 0 heterocycles. The summed E-state index contributed by atoms with van der Waals surface area (Å²) in [6.45, 7) is 0. The molecule has 0 bridgehead atoms. The van der Waals surface area contributed by atoms with Gasteiger partial charge in [0.05, 0.1) is 0 Å². The summed E-state index contributed by atoms with van der Waals surface area (Å²) in [5, 5.41) is 0. The number of carbonyl (C=O) groups is 1. The molecule has 0 aliphatic heterocycles. The van der Waals surface area contributed by atoms with Crippen molar-refractivity contribution in [3.8, 4) is 0 Å². The summed E-state index contributed by atoms with van der Waals surface area (Å²) in [6, 6.07) is 0. The van der Waals surface area contributed by atoms with E-state index in [1.807, 2.05) is 0 Å². The van der Waals surface area contributed by atoms with Crippen molar-refractivity contribution in [1.82, 2.24) is 0 Å². The summed E-state index contributed by atoms with van der Waals surface area (Å²) in [7, 11) is 0. The van der Waals surface area contributed by atoms with Crippen LogP contribution in [0, 0.1) is 0 Å². The smallest absolute Gasteiger partial charge is 0.145 e. The van der Waals surface area contributed by atoms with E-state index >= 15 is 0 Å². The maximum absolute atomic E-state index is 10.2. The third-order valence-corrected chi connectivity index (χ3v) is 1.73. The first-order chi connectivity index (χ1) is 4.43. The van der Waals surface area contributed by atoms with Crippen molar-refractivity contribution in [2.24, 2.45) is 0 Å². The van der Waals surface area contributed by atoms with Crippen LogP contribution in [0.3, 0.4) is 0 Å². The molecular weight excluding hydrogens is 112 g/mol. The molecule has 0 saturated carbocycles. The lowest BCUT2D eigenvalue weighted by Crippen LogP contribution is -1.80. The van der Waals surface area contributed by atoms with E-state index in [0.29, 0.717) is 0 Å². The van der Waals surface area contributed by atoms with Crippen molar-refractivity contribution in [3.05, 3.63) is 11.6 Å². The lowest BCUT2D eigenvalue weighted by Gasteiger charge is -1.90. The fourth-order valence-corrected chi connectivity index (χ4v) is 1.15. The molecule has 0 aromatic carbocycles. The second-order valence-corrected chi connectivity index (χ2v) is 2.50. The van der Waals surface area contributed by atoms with E-state index in [9.17, 15) is 4.79 Å². The Hall–Kier alpha value is -0.590. The third kappa shape index (κ3) is 2.00. The van der Waals surface area contributed by atoms with E-state index in [-0.39, 0.29) is 0 Å². The Balaban J connectivity index is 2.46. The second-order valence-electron chi connectivity index (χ2n) is 2.50. The molecule has 0 aromatic heterocycles. The highest BCUT2D eigenvalue weighted by Gasteiger charge is 1.99. The van der Waals surface area contributed by atoms with E-state index in [1.165, 1.54) is 19.3 Å². The van der Waals surface area contributed by atoms with E-state index in [1.54, 1.807) is 0 Å². The normalized spacial score (nSPS) is 20.2. The molecule has 9 heavy (non-hydrogen) atoms. The number of carbonyl (C=O) groups excluding carboxylic acids is 1. The number of hydrogen-bond acceptors (Lipinski definition) is 1. The van der Waals surface area contributed by atoms with Gasteiger partial charge in [0.2, 0.25) is 0 Å². The zero-order valence-corrected chi connectivity index (χ0v) is 5.60. The molecule has 0 spiro atoms. The summed E-state index contributed by atoms with van der Waals surface area (Å²) in [5.41, 5.74) is 1.01. The van der Waals surface area contributed by atoms with Crippen molar-refractivity contribution in [1.29, 1.82) is 0 Å². The van der Waals surface area contributed by atoms with Gasteiger partial charge in [-0.25, -0.2) is 0 Å². The molecule has 0 aromatic rings. The van der Waals surface area contributed by atoms with Gasteiger partial charge in [-0.05, 0) is 31.3 Å². The second kappa shape index (κ2) is 3.44. The molecule has 0 N–H and O–H groups in total. The van der Waals surface area contributed by atoms with Crippen molar-refractivity contribution in [2.45, 2.75) is 32.1 Å². The van der Waals surface area contributed by atoms with Gasteiger partial charge in [0.1, 0.15) is 6.29 Å². The van der Waals surface area contributed by atoms with Gasteiger partial charge in [0.25, 0.3) is 0 Å². The average Bonchev–Trinajstić information content (AvgIpc) is 2.13. The summed E-state index contributed by atoms with van der Waals surface area (Å²) in [6.07, 6.45) is 8.92. The first kappa shape index (κ1) is 6.53. The number of rotatable bonds is 1. The van der Waals surface area contributed by atoms with E-state index in [0.717, 1.165) is 24.7 Å². The summed E-state index contributed by atoms with van der Waals surface area (Å²) in [4.78, 5) is 10.2. The minimum absolute atomic E-state index is 0.991. The van der Waals surface area contributed by atoms with Crippen LogP contribution in [-0.2, 0) is 4.79 Å². The lowest BCUT2D eigenvalue weighted by molar-refractivity contribution is -0.105. The maximum Gasteiger partial charge on any atom is 0.145 e. The predicted octanol–water partition coefficient (Wildman–Crippen LogP) is 2.08. The molecule has 1 rings (SSSR count). The topological polar surface area (TPSA) is 17.1 Å². The van der Waals surface area contributed by atoms with Gasteiger partial charge < -0.3 is 0 Å². The average molecular weight is 124 g/mol. The van der Waals surface area contributed by atoms with Crippen LogP contribution in [0.25, 0.3) is 0 Å². The fraction of sp³-hybridized carbons (Fsp3) is 0.625. The SMILES string of the molecule is O=CC1=CCCCCC1. The van der Waals surface area contributed by atoms with Gasteiger partial charge in [-0.1, -0.05) is 12.5 Å². The highest BCUT2D eigenvalue weighted by molar-refractivity contribution is 5.72. The molecule has 1 nitrogen and oxygen atoms in total. The van der Waals surface area contributed by atoms with Crippen LogP contribution in [0.4, 0.5) is 0 Å². The monoisotopic (exact) mass is 124 g/mol. The van der Waals surface area contributed by atoms with Crippen molar-refractivity contribution in [2.75, 3.05) is 0 Å². The highest BCUT2D eigenvalue weighted by atomic mass is 16.1. The molecule has 50 valence electrons. The fourth-order valence-electron chi connectivity index (χ4n) is 1.15. The van der Waals surface area contributed by atoms with Gasteiger partial charge in [0.15, 0.2) is 0 Å². The van der Waals surface area contributed by atoms with Crippen LogP contribution in [0.15, 0.2) is 11.6 Å². The number of hydrogen-bond donors (Lipinski definition) is 0.